The number of nitrogens with zero attached hydrogens (tertiary/aromatic N) is 2. The molecule has 1 atom stereocenters. The van der Waals surface area contributed by atoms with Crippen molar-refractivity contribution in [2.24, 2.45) is 0 Å². The highest BCUT2D eigenvalue weighted by atomic mass is 28.4. The Balaban J connectivity index is 2.13. The van der Waals surface area contributed by atoms with Gasteiger partial charge in [0.05, 0.1) is 0 Å². The van der Waals surface area contributed by atoms with Crippen LogP contribution in [0.5, 0.6) is 0 Å². The third kappa shape index (κ3) is 1.96. The van der Waals surface area contributed by atoms with E-state index >= 15 is 0 Å². The normalized spacial score (nSPS) is 21.2. The SMILES string of the molecule is CC(C)(C)[Si](C)(C)O[C@H]1CCn2ccnc21. The monoisotopic (exact) mass is 238 g/mol. The first kappa shape index (κ1) is 11.9. The lowest BCUT2D eigenvalue weighted by molar-refractivity contribution is 0.181. The number of aryl methyl sites for hydroxylation is 1. The van der Waals surface area contributed by atoms with Gasteiger partial charge in [-0.25, -0.2) is 4.98 Å². The van der Waals surface area contributed by atoms with Gasteiger partial charge < -0.3 is 8.99 Å². The smallest absolute Gasteiger partial charge is 0.193 e. The molecule has 0 spiro atoms. The zero-order chi connectivity index (χ0) is 12.0. The van der Waals surface area contributed by atoms with Gasteiger partial charge in [-0.15, -0.1) is 0 Å². The van der Waals surface area contributed by atoms with Crippen LogP contribution in [0, 0.1) is 0 Å². The lowest BCUT2D eigenvalue weighted by Gasteiger charge is -2.38. The largest absolute Gasteiger partial charge is 0.407 e. The highest BCUT2D eigenvalue weighted by molar-refractivity contribution is 6.74. The van der Waals surface area contributed by atoms with Crippen LogP contribution in [-0.2, 0) is 11.0 Å². The van der Waals surface area contributed by atoms with Crippen molar-refractivity contribution < 1.29 is 4.43 Å². The molecule has 2 heterocycles. The second-order valence-electron chi connectivity index (χ2n) is 6.13. The van der Waals surface area contributed by atoms with Crippen molar-refractivity contribution in [3.05, 3.63) is 18.2 Å². The summed E-state index contributed by atoms with van der Waals surface area (Å²) >= 11 is 0. The Kier molecular flexibility index (Phi) is 2.74. The molecule has 0 unspecified atom stereocenters. The fourth-order valence-electron chi connectivity index (χ4n) is 1.83. The maximum atomic E-state index is 6.40. The van der Waals surface area contributed by atoms with E-state index in [2.05, 4.69) is 43.4 Å². The zero-order valence-corrected chi connectivity index (χ0v) is 11.9. The van der Waals surface area contributed by atoms with Crippen molar-refractivity contribution in [3.8, 4) is 0 Å². The first-order valence-electron chi connectivity index (χ1n) is 6.00. The first-order valence-corrected chi connectivity index (χ1v) is 8.91. The van der Waals surface area contributed by atoms with Gasteiger partial charge in [-0.1, -0.05) is 20.8 Å². The third-order valence-electron chi connectivity index (χ3n) is 3.91. The molecule has 0 amide bonds. The summed E-state index contributed by atoms with van der Waals surface area (Å²) in [6.45, 7) is 12.5. The van der Waals surface area contributed by atoms with Crippen molar-refractivity contribution in [2.45, 2.75) is 58.0 Å². The predicted molar refractivity (Wildman–Crippen MR) is 67.9 cm³/mol. The zero-order valence-electron chi connectivity index (χ0n) is 10.9. The Morgan fingerprint density at radius 1 is 1.44 bits per heavy atom. The molecule has 1 aliphatic rings. The van der Waals surface area contributed by atoms with E-state index in [1.165, 1.54) is 0 Å². The molecule has 1 aromatic heterocycles. The molecule has 4 heteroatoms. The highest BCUT2D eigenvalue weighted by Crippen LogP contribution is 2.41. The van der Waals surface area contributed by atoms with Crippen LogP contribution in [0.2, 0.25) is 18.1 Å². The van der Waals surface area contributed by atoms with E-state index in [4.69, 9.17) is 4.43 Å². The second-order valence-corrected chi connectivity index (χ2v) is 10.9. The molecule has 0 bridgehead atoms. The predicted octanol–water partition coefficient (Wildman–Crippen LogP) is 3.35. The number of imidazole rings is 1. The van der Waals surface area contributed by atoms with E-state index in [1.807, 2.05) is 12.4 Å². The maximum Gasteiger partial charge on any atom is 0.193 e. The average molecular weight is 238 g/mol. The Morgan fingerprint density at radius 3 is 2.75 bits per heavy atom. The Hall–Kier alpha value is -0.613. The quantitative estimate of drug-likeness (QED) is 0.739. The second kappa shape index (κ2) is 3.70. The topological polar surface area (TPSA) is 27.1 Å². The standard InChI is InChI=1S/C12H22N2OSi/c1-12(2,3)16(4,5)15-10-6-8-14-9-7-13-11(10)14/h7,9-10H,6,8H2,1-5H3/t10-/m0/s1. The Bertz CT molecular complexity index is 379. The van der Waals surface area contributed by atoms with Gasteiger partial charge in [-0.3, -0.25) is 0 Å². The van der Waals surface area contributed by atoms with E-state index < -0.39 is 8.32 Å². The van der Waals surface area contributed by atoms with Crippen LogP contribution in [0.3, 0.4) is 0 Å². The van der Waals surface area contributed by atoms with E-state index in [-0.39, 0.29) is 11.1 Å². The molecule has 16 heavy (non-hydrogen) atoms. The summed E-state index contributed by atoms with van der Waals surface area (Å²) in [4.78, 5) is 4.40. The third-order valence-corrected chi connectivity index (χ3v) is 8.40. The van der Waals surface area contributed by atoms with Gasteiger partial charge in [0.2, 0.25) is 0 Å². The highest BCUT2D eigenvalue weighted by Gasteiger charge is 2.41. The van der Waals surface area contributed by atoms with Crippen LogP contribution < -0.4 is 0 Å². The van der Waals surface area contributed by atoms with Crippen molar-refractivity contribution in [1.82, 2.24) is 9.55 Å². The number of rotatable bonds is 2. The van der Waals surface area contributed by atoms with E-state index in [0.717, 1.165) is 18.8 Å². The van der Waals surface area contributed by atoms with Crippen LogP contribution in [0.25, 0.3) is 0 Å². The number of fused-ring (bicyclic) bond motifs is 1. The van der Waals surface area contributed by atoms with Crippen LogP contribution >= 0.6 is 0 Å². The fraction of sp³-hybridized carbons (Fsp3) is 0.750. The van der Waals surface area contributed by atoms with Gasteiger partial charge in [0, 0.05) is 18.9 Å². The van der Waals surface area contributed by atoms with Crippen LogP contribution in [0.1, 0.15) is 39.1 Å². The Morgan fingerprint density at radius 2 is 2.12 bits per heavy atom. The van der Waals surface area contributed by atoms with Crippen LogP contribution in [0.15, 0.2) is 12.4 Å². The van der Waals surface area contributed by atoms with E-state index in [0.29, 0.717) is 0 Å². The molecule has 0 aliphatic carbocycles. The lowest BCUT2D eigenvalue weighted by atomic mass is 10.2. The molecule has 0 saturated heterocycles. The lowest BCUT2D eigenvalue weighted by Crippen LogP contribution is -2.41. The summed E-state index contributed by atoms with van der Waals surface area (Å²) in [5.74, 6) is 1.12. The van der Waals surface area contributed by atoms with Crippen molar-refractivity contribution in [2.75, 3.05) is 0 Å². The van der Waals surface area contributed by atoms with Crippen LogP contribution in [0.4, 0.5) is 0 Å². The minimum Gasteiger partial charge on any atom is -0.407 e. The van der Waals surface area contributed by atoms with Crippen molar-refractivity contribution in [1.29, 1.82) is 0 Å². The summed E-state index contributed by atoms with van der Waals surface area (Å²) in [6, 6.07) is 0. The summed E-state index contributed by atoms with van der Waals surface area (Å²) in [6.07, 6.45) is 5.21. The number of aromatic nitrogens is 2. The summed E-state index contributed by atoms with van der Waals surface area (Å²) < 4.78 is 8.61. The van der Waals surface area contributed by atoms with Crippen LogP contribution in [-0.4, -0.2) is 17.9 Å². The summed E-state index contributed by atoms with van der Waals surface area (Å²) in [5, 5.41) is 0.271. The van der Waals surface area contributed by atoms with E-state index in [1.54, 1.807) is 0 Å². The summed E-state index contributed by atoms with van der Waals surface area (Å²) in [5.41, 5.74) is 0. The molecule has 1 aromatic rings. The number of hydrogen-bond acceptors (Lipinski definition) is 2. The molecule has 0 aromatic carbocycles. The van der Waals surface area contributed by atoms with E-state index in [9.17, 15) is 0 Å². The van der Waals surface area contributed by atoms with Gasteiger partial charge >= 0.3 is 0 Å². The van der Waals surface area contributed by atoms with Crippen molar-refractivity contribution in [3.63, 3.8) is 0 Å². The van der Waals surface area contributed by atoms with Gasteiger partial charge in [-0.2, -0.15) is 0 Å². The molecule has 0 radical (unpaired) electrons. The molecule has 0 fully saturated rings. The molecular formula is C12H22N2OSi. The van der Waals surface area contributed by atoms with Gasteiger partial charge in [0.25, 0.3) is 0 Å². The molecule has 0 saturated carbocycles. The maximum absolute atomic E-state index is 6.40. The molecule has 90 valence electrons. The summed E-state index contributed by atoms with van der Waals surface area (Å²) in [7, 11) is -1.67. The minimum atomic E-state index is -1.67. The van der Waals surface area contributed by atoms with Crippen molar-refractivity contribution >= 4 is 8.32 Å². The molecule has 2 rings (SSSR count). The first-order chi connectivity index (χ1) is 7.31. The average Bonchev–Trinajstić information content (AvgIpc) is 2.67. The van der Waals surface area contributed by atoms with Gasteiger partial charge in [0.1, 0.15) is 11.9 Å². The number of hydrogen-bond donors (Lipinski definition) is 0. The minimum absolute atomic E-state index is 0.218. The fourth-order valence-corrected chi connectivity index (χ4v) is 3.12. The molecule has 1 aliphatic heterocycles. The molecule has 0 N–H and O–H groups in total. The molecule has 3 nitrogen and oxygen atoms in total. The van der Waals surface area contributed by atoms with Gasteiger partial charge in [-0.05, 0) is 24.6 Å². The Labute approximate surface area is 99.0 Å². The van der Waals surface area contributed by atoms with Gasteiger partial charge in [0.15, 0.2) is 8.32 Å². The molecular weight excluding hydrogens is 216 g/mol.